The van der Waals surface area contributed by atoms with Crippen molar-refractivity contribution in [3.05, 3.63) is 64.3 Å². The second kappa shape index (κ2) is 5.84. The molecule has 106 valence electrons. The number of hydrogen-bond donors (Lipinski definition) is 0. The first-order valence-corrected chi connectivity index (χ1v) is 7.13. The number of nitrogens with zero attached hydrogens (tertiary/aromatic N) is 4. The second-order valence-electron chi connectivity index (χ2n) is 4.66. The zero-order valence-corrected chi connectivity index (χ0v) is 12.8. The fourth-order valence-electron chi connectivity index (χ4n) is 2.06. The van der Waals surface area contributed by atoms with Crippen LogP contribution >= 0.6 is 23.2 Å². The van der Waals surface area contributed by atoms with E-state index in [9.17, 15) is 0 Å². The van der Waals surface area contributed by atoms with Crippen molar-refractivity contribution in [2.45, 2.75) is 6.42 Å². The molecule has 0 spiro atoms. The second-order valence-corrected chi connectivity index (χ2v) is 5.46. The average Bonchev–Trinajstić information content (AvgIpc) is 2.88. The zero-order valence-electron chi connectivity index (χ0n) is 11.3. The standard InChI is InChI=1S/C15H12Cl2N4/c1-21-9-11(8-18-21)13-7-14(17)20-15(19-13)6-10-4-2-3-5-12(10)16/h2-5,7-9H,6H2,1H3. The van der Waals surface area contributed by atoms with Crippen LogP contribution in [0.3, 0.4) is 0 Å². The smallest absolute Gasteiger partial charge is 0.135 e. The van der Waals surface area contributed by atoms with Crippen molar-refractivity contribution in [3.8, 4) is 11.3 Å². The van der Waals surface area contributed by atoms with Crippen LogP contribution in [-0.4, -0.2) is 19.7 Å². The predicted octanol–water partition coefficient (Wildman–Crippen LogP) is 3.77. The lowest BCUT2D eigenvalue weighted by atomic mass is 10.1. The van der Waals surface area contributed by atoms with Crippen molar-refractivity contribution in [3.63, 3.8) is 0 Å². The molecule has 0 radical (unpaired) electrons. The van der Waals surface area contributed by atoms with E-state index in [1.165, 1.54) is 0 Å². The van der Waals surface area contributed by atoms with Gasteiger partial charge in [0.25, 0.3) is 0 Å². The average molecular weight is 319 g/mol. The molecule has 1 aromatic carbocycles. The third kappa shape index (κ3) is 3.23. The Bertz CT molecular complexity index is 783. The summed E-state index contributed by atoms with van der Waals surface area (Å²) < 4.78 is 1.72. The van der Waals surface area contributed by atoms with E-state index in [1.807, 2.05) is 37.5 Å². The molecular weight excluding hydrogens is 307 g/mol. The Kier molecular flexibility index (Phi) is 3.90. The fraction of sp³-hybridized carbons (Fsp3) is 0.133. The van der Waals surface area contributed by atoms with E-state index in [0.717, 1.165) is 16.8 Å². The molecule has 0 aliphatic rings. The molecule has 2 heterocycles. The van der Waals surface area contributed by atoms with Crippen LogP contribution in [-0.2, 0) is 13.5 Å². The Morgan fingerprint density at radius 1 is 1.14 bits per heavy atom. The molecule has 0 atom stereocenters. The molecule has 0 saturated heterocycles. The van der Waals surface area contributed by atoms with Crippen molar-refractivity contribution in [2.24, 2.45) is 7.05 Å². The van der Waals surface area contributed by atoms with Gasteiger partial charge in [0, 0.05) is 36.3 Å². The summed E-state index contributed by atoms with van der Waals surface area (Å²) in [6, 6.07) is 9.37. The minimum atomic E-state index is 0.408. The topological polar surface area (TPSA) is 43.6 Å². The van der Waals surface area contributed by atoms with Crippen molar-refractivity contribution in [1.29, 1.82) is 0 Å². The highest BCUT2D eigenvalue weighted by Gasteiger charge is 2.09. The number of hydrogen-bond acceptors (Lipinski definition) is 3. The first kappa shape index (κ1) is 14.0. The number of benzene rings is 1. The van der Waals surface area contributed by atoms with Gasteiger partial charge in [0.2, 0.25) is 0 Å². The lowest BCUT2D eigenvalue weighted by molar-refractivity contribution is 0.768. The van der Waals surface area contributed by atoms with E-state index in [2.05, 4.69) is 15.1 Å². The highest BCUT2D eigenvalue weighted by Crippen LogP contribution is 2.22. The van der Waals surface area contributed by atoms with Crippen LogP contribution in [0.25, 0.3) is 11.3 Å². The Morgan fingerprint density at radius 2 is 1.95 bits per heavy atom. The number of aromatic nitrogens is 4. The van der Waals surface area contributed by atoms with Gasteiger partial charge in [0.15, 0.2) is 0 Å². The molecule has 0 fully saturated rings. The molecule has 4 nitrogen and oxygen atoms in total. The largest absolute Gasteiger partial charge is 0.275 e. The van der Waals surface area contributed by atoms with E-state index >= 15 is 0 Å². The monoisotopic (exact) mass is 318 g/mol. The van der Waals surface area contributed by atoms with E-state index < -0.39 is 0 Å². The van der Waals surface area contributed by atoms with Crippen molar-refractivity contribution < 1.29 is 0 Å². The lowest BCUT2D eigenvalue weighted by Gasteiger charge is -2.05. The van der Waals surface area contributed by atoms with Gasteiger partial charge < -0.3 is 0 Å². The van der Waals surface area contributed by atoms with E-state index in [1.54, 1.807) is 16.9 Å². The third-order valence-corrected chi connectivity index (χ3v) is 3.61. The summed E-state index contributed by atoms with van der Waals surface area (Å²) >= 11 is 12.3. The lowest BCUT2D eigenvalue weighted by Crippen LogP contribution is -1.99. The van der Waals surface area contributed by atoms with Gasteiger partial charge in [-0.2, -0.15) is 5.10 Å². The number of aryl methyl sites for hydroxylation is 1. The summed E-state index contributed by atoms with van der Waals surface area (Å²) in [6.45, 7) is 0. The van der Waals surface area contributed by atoms with Gasteiger partial charge in [-0.3, -0.25) is 4.68 Å². The quantitative estimate of drug-likeness (QED) is 0.690. The first-order valence-electron chi connectivity index (χ1n) is 6.38. The normalized spacial score (nSPS) is 10.8. The van der Waals surface area contributed by atoms with E-state index in [0.29, 0.717) is 22.4 Å². The van der Waals surface area contributed by atoms with Crippen LogP contribution in [0.5, 0.6) is 0 Å². The maximum Gasteiger partial charge on any atom is 0.135 e. The van der Waals surface area contributed by atoms with Crippen LogP contribution < -0.4 is 0 Å². The highest BCUT2D eigenvalue weighted by atomic mass is 35.5. The van der Waals surface area contributed by atoms with Crippen molar-refractivity contribution in [2.75, 3.05) is 0 Å². The van der Waals surface area contributed by atoms with Gasteiger partial charge in [-0.25, -0.2) is 9.97 Å². The number of rotatable bonds is 3. The molecule has 2 aromatic heterocycles. The van der Waals surface area contributed by atoms with Gasteiger partial charge in [-0.05, 0) is 11.6 Å². The molecule has 3 rings (SSSR count). The molecular formula is C15H12Cl2N4. The molecule has 3 aromatic rings. The summed E-state index contributed by atoms with van der Waals surface area (Å²) in [4.78, 5) is 8.82. The highest BCUT2D eigenvalue weighted by molar-refractivity contribution is 6.31. The molecule has 0 aliphatic carbocycles. The van der Waals surface area contributed by atoms with Gasteiger partial charge >= 0.3 is 0 Å². The minimum Gasteiger partial charge on any atom is -0.275 e. The van der Waals surface area contributed by atoms with Crippen LogP contribution in [0.15, 0.2) is 42.7 Å². The zero-order chi connectivity index (χ0) is 14.8. The Hall–Kier alpha value is -1.91. The van der Waals surface area contributed by atoms with Gasteiger partial charge in [-0.15, -0.1) is 0 Å². The first-order chi connectivity index (χ1) is 10.1. The van der Waals surface area contributed by atoms with Crippen LogP contribution in [0.2, 0.25) is 10.2 Å². The summed E-state index contributed by atoms with van der Waals surface area (Å²) in [7, 11) is 1.86. The minimum absolute atomic E-state index is 0.408. The van der Waals surface area contributed by atoms with Gasteiger partial charge in [-0.1, -0.05) is 41.4 Å². The summed E-state index contributed by atoms with van der Waals surface area (Å²) in [5.74, 6) is 0.634. The van der Waals surface area contributed by atoms with Gasteiger partial charge in [0.05, 0.1) is 11.9 Å². The predicted molar refractivity (Wildman–Crippen MR) is 83.5 cm³/mol. The van der Waals surface area contributed by atoms with E-state index in [-0.39, 0.29) is 0 Å². The SMILES string of the molecule is Cn1cc(-c2cc(Cl)nc(Cc3ccccc3Cl)n2)cn1. The molecule has 0 unspecified atom stereocenters. The van der Waals surface area contributed by atoms with Gasteiger partial charge in [0.1, 0.15) is 11.0 Å². The number of halogens is 2. The van der Waals surface area contributed by atoms with Crippen LogP contribution in [0.1, 0.15) is 11.4 Å². The molecule has 0 aliphatic heterocycles. The van der Waals surface area contributed by atoms with Crippen molar-refractivity contribution in [1.82, 2.24) is 19.7 Å². The maximum atomic E-state index is 6.17. The van der Waals surface area contributed by atoms with E-state index in [4.69, 9.17) is 23.2 Å². The summed E-state index contributed by atoms with van der Waals surface area (Å²) in [6.07, 6.45) is 4.17. The summed E-state index contributed by atoms with van der Waals surface area (Å²) in [5, 5.41) is 5.25. The Labute approximate surface area is 132 Å². The molecule has 0 bridgehead atoms. The molecule has 0 saturated carbocycles. The van der Waals surface area contributed by atoms with Crippen molar-refractivity contribution >= 4 is 23.2 Å². The molecule has 0 amide bonds. The molecule has 21 heavy (non-hydrogen) atoms. The molecule has 6 heteroatoms. The fourth-order valence-corrected chi connectivity index (χ4v) is 2.46. The van der Waals surface area contributed by atoms with Crippen LogP contribution in [0.4, 0.5) is 0 Å². The summed E-state index contributed by atoms with van der Waals surface area (Å²) in [5.41, 5.74) is 2.63. The molecule has 0 N–H and O–H groups in total. The Morgan fingerprint density at radius 3 is 2.67 bits per heavy atom. The maximum absolute atomic E-state index is 6.17. The third-order valence-electron chi connectivity index (χ3n) is 3.05. The Balaban J connectivity index is 1.97. The van der Waals surface area contributed by atoms with Crippen LogP contribution in [0, 0.1) is 0 Å².